The maximum absolute atomic E-state index is 8.98. The number of nitrogens with two attached hydrogens (primary N) is 1. The molecular weight excluding hydrogens is 106 g/mol. The van der Waals surface area contributed by atoms with Crippen LogP contribution in [0.2, 0.25) is 0 Å². The van der Waals surface area contributed by atoms with Crippen LogP contribution in [0.25, 0.3) is 0 Å². The molecule has 0 fully saturated rings. The van der Waals surface area contributed by atoms with Gasteiger partial charge in [-0.05, 0) is 13.8 Å². The molecule has 0 aliphatic carbocycles. The predicted molar refractivity (Wildman–Crippen MR) is 31.3 cm³/mol. The highest BCUT2D eigenvalue weighted by atomic mass is 16.6. The Kier molecular flexibility index (Phi) is 2.97. The standard InChI is InChI=1S/C5H13NO2/c1-3-8-5(2,7)4-6/h7H,3-4,6H2,1-2H3. The maximum Gasteiger partial charge on any atom is 0.174 e. The molecule has 0 radical (unpaired) electrons. The van der Waals surface area contributed by atoms with Gasteiger partial charge in [-0.1, -0.05) is 0 Å². The average molecular weight is 119 g/mol. The van der Waals surface area contributed by atoms with Crippen LogP contribution >= 0.6 is 0 Å². The van der Waals surface area contributed by atoms with Gasteiger partial charge in [-0.3, -0.25) is 0 Å². The van der Waals surface area contributed by atoms with Crippen LogP contribution in [-0.2, 0) is 4.74 Å². The van der Waals surface area contributed by atoms with E-state index in [1.165, 1.54) is 6.92 Å². The van der Waals surface area contributed by atoms with Crippen molar-refractivity contribution in [3.05, 3.63) is 0 Å². The van der Waals surface area contributed by atoms with Crippen molar-refractivity contribution in [2.45, 2.75) is 19.6 Å². The van der Waals surface area contributed by atoms with Crippen LogP contribution in [0.15, 0.2) is 0 Å². The van der Waals surface area contributed by atoms with Gasteiger partial charge in [-0.2, -0.15) is 0 Å². The SMILES string of the molecule is CCOC(C)(O)CN. The Morgan fingerprint density at radius 2 is 2.25 bits per heavy atom. The number of ether oxygens (including phenoxy) is 1. The van der Waals surface area contributed by atoms with Gasteiger partial charge in [0, 0.05) is 13.2 Å². The Morgan fingerprint density at radius 3 is 2.38 bits per heavy atom. The van der Waals surface area contributed by atoms with Crippen molar-refractivity contribution < 1.29 is 9.84 Å². The van der Waals surface area contributed by atoms with E-state index in [0.29, 0.717) is 6.61 Å². The number of rotatable bonds is 3. The van der Waals surface area contributed by atoms with E-state index in [-0.39, 0.29) is 6.54 Å². The summed E-state index contributed by atoms with van der Waals surface area (Å²) in [5, 5.41) is 8.98. The summed E-state index contributed by atoms with van der Waals surface area (Å²) in [4.78, 5) is 0. The first kappa shape index (κ1) is 7.88. The molecule has 0 saturated carbocycles. The minimum absolute atomic E-state index is 0.140. The van der Waals surface area contributed by atoms with Gasteiger partial charge in [-0.15, -0.1) is 0 Å². The van der Waals surface area contributed by atoms with Gasteiger partial charge >= 0.3 is 0 Å². The fraction of sp³-hybridized carbons (Fsp3) is 1.00. The molecule has 0 aromatic carbocycles. The van der Waals surface area contributed by atoms with Crippen LogP contribution in [0.4, 0.5) is 0 Å². The second kappa shape index (κ2) is 3.02. The molecule has 0 heterocycles. The lowest BCUT2D eigenvalue weighted by atomic mass is 10.3. The highest BCUT2D eigenvalue weighted by Gasteiger charge is 2.15. The van der Waals surface area contributed by atoms with Crippen molar-refractivity contribution in [3.8, 4) is 0 Å². The smallest absolute Gasteiger partial charge is 0.174 e. The molecule has 0 rings (SSSR count). The molecule has 3 N–H and O–H groups in total. The lowest BCUT2D eigenvalue weighted by Gasteiger charge is -2.19. The third-order valence-corrected chi connectivity index (χ3v) is 0.834. The summed E-state index contributed by atoms with van der Waals surface area (Å²) >= 11 is 0. The molecule has 0 aromatic heterocycles. The van der Waals surface area contributed by atoms with Crippen molar-refractivity contribution in [3.63, 3.8) is 0 Å². The monoisotopic (exact) mass is 119 g/mol. The first-order valence-electron chi connectivity index (χ1n) is 2.69. The third kappa shape index (κ3) is 2.96. The summed E-state index contributed by atoms with van der Waals surface area (Å²) in [5.74, 6) is -1.13. The van der Waals surface area contributed by atoms with Gasteiger partial charge in [0.1, 0.15) is 0 Å². The van der Waals surface area contributed by atoms with Gasteiger partial charge in [0.05, 0.1) is 0 Å². The zero-order valence-corrected chi connectivity index (χ0v) is 5.35. The van der Waals surface area contributed by atoms with E-state index >= 15 is 0 Å². The molecule has 0 aromatic rings. The number of hydrogen-bond donors (Lipinski definition) is 2. The highest BCUT2D eigenvalue weighted by Crippen LogP contribution is 2.00. The molecule has 0 bridgehead atoms. The van der Waals surface area contributed by atoms with E-state index < -0.39 is 5.79 Å². The summed E-state index contributed by atoms with van der Waals surface area (Å²) in [6.45, 7) is 3.98. The molecule has 3 heteroatoms. The van der Waals surface area contributed by atoms with Crippen LogP contribution in [0, 0.1) is 0 Å². The molecule has 0 saturated heterocycles. The lowest BCUT2D eigenvalue weighted by molar-refractivity contribution is -0.178. The van der Waals surface area contributed by atoms with Crippen molar-refractivity contribution in [1.29, 1.82) is 0 Å². The van der Waals surface area contributed by atoms with Crippen molar-refractivity contribution >= 4 is 0 Å². The van der Waals surface area contributed by atoms with E-state index in [0.717, 1.165) is 0 Å². The number of aliphatic hydroxyl groups is 1. The Hall–Kier alpha value is -0.120. The molecule has 3 nitrogen and oxygen atoms in total. The van der Waals surface area contributed by atoms with Gasteiger partial charge in [0.25, 0.3) is 0 Å². The third-order valence-electron chi connectivity index (χ3n) is 0.834. The number of hydrogen-bond acceptors (Lipinski definition) is 3. The fourth-order valence-electron chi connectivity index (χ4n) is 0.370. The molecule has 0 amide bonds. The molecular formula is C5H13NO2. The second-order valence-corrected chi connectivity index (χ2v) is 1.81. The lowest BCUT2D eigenvalue weighted by Crippen LogP contribution is -2.37. The average Bonchev–Trinajstić information content (AvgIpc) is 1.67. The molecule has 0 aliphatic rings. The van der Waals surface area contributed by atoms with E-state index in [1.807, 2.05) is 6.92 Å². The topological polar surface area (TPSA) is 55.5 Å². The van der Waals surface area contributed by atoms with Crippen LogP contribution in [0.5, 0.6) is 0 Å². The van der Waals surface area contributed by atoms with E-state index in [2.05, 4.69) is 0 Å². The maximum atomic E-state index is 8.98. The first-order valence-corrected chi connectivity index (χ1v) is 2.69. The van der Waals surface area contributed by atoms with Crippen LogP contribution in [0.1, 0.15) is 13.8 Å². The first-order chi connectivity index (χ1) is 3.62. The molecule has 1 atom stereocenters. The van der Waals surface area contributed by atoms with E-state index in [9.17, 15) is 0 Å². The van der Waals surface area contributed by atoms with Gasteiger partial charge in [-0.25, -0.2) is 0 Å². The van der Waals surface area contributed by atoms with Gasteiger partial charge in [0.2, 0.25) is 0 Å². The van der Waals surface area contributed by atoms with Crippen LogP contribution in [-0.4, -0.2) is 24.0 Å². The van der Waals surface area contributed by atoms with E-state index in [4.69, 9.17) is 15.6 Å². The van der Waals surface area contributed by atoms with Crippen LogP contribution in [0.3, 0.4) is 0 Å². The quantitative estimate of drug-likeness (QED) is 0.501. The summed E-state index contributed by atoms with van der Waals surface area (Å²) < 4.78 is 4.81. The zero-order valence-electron chi connectivity index (χ0n) is 5.35. The largest absolute Gasteiger partial charge is 0.365 e. The van der Waals surface area contributed by atoms with Crippen molar-refractivity contribution in [2.75, 3.05) is 13.2 Å². The van der Waals surface area contributed by atoms with Crippen molar-refractivity contribution in [1.82, 2.24) is 0 Å². The molecule has 0 aliphatic heterocycles. The van der Waals surface area contributed by atoms with E-state index in [1.54, 1.807) is 0 Å². The highest BCUT2D eigenvalue weighted by molar-refractivity contribution is 4.57. The van der Waals surface area contributed by atoms with Crippen LogP contribution < -0.4 is 5.73 Å². The summed E-state index contributed by atoms with van der Waals surface area (Å²) in [6, 6.07) is 0. The van der Waals surface area contributed by atoms with Gasteiger partial charge in [0.15, 0.2) is 5.79 Å². The summed E-state index contributed by atoms with van der Waals surface area (Å²) in [7, 11) is 0. The Balaban J connectivity index is 3.37. The normalized spacial score (nSPS) is 18.0. The predicted octanol–water partition coefficient (Wildman–Crippen LogP) is -0.310. The Labute approximate surface area is 49.4 Å². The molecule has 50 valence electrons. The van der Waals surface area contributed by atoms with Crippen molar-refractivity contribution in [2.24, 2.45) is 5.73 Å². The summed E-state index contributed by atoms with van der Waals surface area (Å²) in [5.41, 5.74) is 5.12. The minimum atomic E-state index is -1.13. The second-order valence-electron chi connectivity index (χ2n) is 1.81. The molecule has 8 heavy (non-hydrogen) atoms. The summed E-state index contributed by atoms with van der Waals surface area (Å²) in [6.07, 6.45) is 0. The fourth-order valence-corrected chi connectivity index (χ4v) is 0.370. The molecule has 0 spiro atoms. The zero-order chi connectivity index (χ0) is 6.62. The van der Waals surface area contributed by atoms with Gasteiger partial charge < -0.3 is 15.6 Å². The minimum Gasteiger partial charge on any atom is -0.365 e. The Bertz CT molecular complexity index is 63.4. The molecule has 1 unspecified atom stereocenters. The Morgan fingerprint density at radius 1 is 1.75 bits per heavy atom.